The number of hydrogen-bond donors (Lipinski definition) is 0. The molecule has 0 fully saturated rings. The van der Waals surface area contributed by atoms with Crippen molar-refractivity contribution in [2.75, 3.05) is 20.6 Å². The molecule has 0 heterocycles. The lowest BCUT2D eigenvalue weighted by atomic mass is 10.2. The molecule has 0 aliphatic rings. The van der Waals surface area contributed by atoms with Crippen LogP contribution in [0, 0.1) is 6.42 Å². The van der Waals surface area contributed by atoms with Crippen molar-refractivity contribution in [2.45, 2.75) is 6.42 Å². The molecule has 0 atom stereocenters. The molecule has 0 bridgehead atoms. The zero-order chi connectivity index (χ0) is 7.98. The fourth-order valence-electron chi connectivity index (χ4n) is 0.556. The van der Waals surface area contributed by atoms with Crippen LogP contribution >= 0.6 is 0 Å². The molecule has 1 radical (unpaired) electrons. The number of ketones is 1. The number of carbonyl (C=O) groups is 2. The van der Waals surface area contributed by atoms with Gasteiger partial charge in [0.1, 0.15) is 6.29 Å². The highest BCUT2D eigenvalue weighted by molar-refractivity contribution is 5.90. The topological polar surface area (TPSA) is 37.4 Å². The van der Waals surface area contributed by atoms with Gasteiger partial charge in [-0.2, -0.15) is 0 Å². The zero-order valence-corrected chi connectivity index (χ0v) is 6.33. The van der Waals surface area contributed by atoms with E-state index < -0.39 is 0 Å². The molecule has 0 saturated carbocycles. The number of likely N-dealkylation sites (N-methyl/N-ethyl adjacent to an activating group) is 1. The molecular formula is C7H12NO2. The van der Waals surface area contributed by atoms with Crippen molar-refractivity contribution in [2.24, 2.45) is 0 Å². The van der Waals surface area contributed by atoms with Gasteiger partial charge in [-0.25, -0.2) is 0 Å². The van der Waals surface area contributed by atoms with Crippen LogP contribution in [0.4, 0.5) is 0 Å². The van der Waals surface area contributed by atoms with Crippen LogP contribution < -0.4 is 0 Å². The van der Waals surface area contributed by atoms with E-state index in [1.807, 2.05) is 14.1 Å². The van der Waals surface area contributed by atoms with Crippen LogP contribution in [0.2, 0.25) is 0 Å². The highest BCUT2D eigenvalue weighted by Crippen LogP contribution is 1.86. The number of Topliss-reactive ketones (excluding diaryl/α,β-unsaturated/α-hetero) is 1. The number of hydrogen-bond acceptors (Lipinski definition) is 3. The quantitative estimate of drug-likeness (QED) is 0.503. The normalized spacial score (nSPS) is 9.90. The van der Waals surface area contributed by atoms with Crippen LogP contribution in [0.1, 0.15) is 6.42 Å². The molecule has 0 spiro atoms. The summed E-state index contributed by atoms with van der Waals surface area (Å²) in [7, 11) is 3.62. The third kappa shape index (κ3) is 5.44. The Kier molecular flexibility index (Phi) is 4.76. The van der Waals surface area contributed by atoms with Crippen molar-refractivity contribution < 1.29 is 9.59 Å². The second kappa shape index (κ2) is 5.11. The Hall–Kier alpha value is -0.700. The van der Waals surface area contributed by atoms with Gasteiger partial charge in [-0.05, 0) is 14.1 Å². The average Bonchev–Trinajstić information content (AvgIpc) is 1.82. The number of rotatable bonds is 5. The third-order valence-corrected chi connectivity index (χ3v) is 0.914. The summed E-state index contributed by atoms with van der Waals surface area (Å²) >= 11 is 0. The summed E-state index contributed by atoms with van der Waals surface area (Å²) in [6, 6.07) is 0. The molecule has 0 aromatic rings. The molecule has 3 nitrogen and oxygen atoms in total. The van der Waals surface area contributed by atoms with E-state index in [4.69, 9.17) is 0 Å². The minimum Gasteiger partial charge on any atom is -0.303 e. The summed E-state index contributed by atoms with van der Waals surface area (Å²) in [4.78, 5) is 22.3. The monoisotopic (exact) mass is 142 g/mol. The zero-order valence-electron chi connectivity index (χ0n) is 6.33. The number of nitrogens with zero attached hydrogens (tertiary/aromatic N) is 1. The maximum absolute atomic E-state index is 10.8. The van der Waals surface area contributed by atoms with Gasteiger partial charge >= 0.3 is 0 Å². The van der Waals surface area contributed by atoms with Crippen LogP contribution in [0.15, 0.2) is 0 Å². The molecule has 0 aromatic heterocycles. The van der Waals surface area contributed by atoms with Crippen LogP contribution in [-0.4, -0.2) is 37.6 Å². The van der Waals surface area contributed by atoms with E-state index >= 15 is 0 Å². The van der Waals surface area contributed by atoms with E-state index in [1.165, 1.54) is 6.42 Å². The fourth-order valence-corrected chi connectivity index (χ4v) is 0.556. The van der Waals surface area contributed by atoms with Crippen molar-refractivity contribution in [1.82, 2.24) is 4.90 Å². The van der Waals surface area contributed by atoms with Crippen LogP contribution in [0.3, 0.4) is 0 Å². The lowest BCUT2D eigenvalue weighted by Gasteiger charge is -2.05. The largest absolute Gasteiger partial charge is 0.303 e. The summed E-state index contributed by atoms with van der Waals surface area (Å²) in [6.45, 7) is 0.383. The first kappa shape index (κ1) is 9.30. The maximum atomic E-state index is 10.8. The van der Waals surface area contributed by atoms with Crippen molar-refractivity contribution in [3.63, 3.8) is 0 Å². The first-order chi connectivity index (χ1) is 4.66. The molecule has 0 aliphatic carbocycles. The fraction of sp³-hybridized carbons (Fsp3) is 0.571. The van der Waals surface area contributed by atoms with E-state index in [9.17, 15) is 9.59 Å². The van der Waals surface area contributed by atoms with Crippen molar-refractivity contribution in [3.8, 4) is 0 Å². The van der Waals surface area contributed by atoms with E-state index in [0.717, 1.165) is 0 Å². The van der Waals surface area contributed by atoms with Gasteiger partial charge in [0.2, 0.25) is 0 Å². The molecular weight excluding hydrogens is 130 g/mol. The van der Waals surface area contributed by atoms with Gasteiger partial charge in [0.15, 0.2) is 5.78 Å². The molecule has 0 rings (SSSR count). The van der Waals surface area contributed by atoms with E-state index in [0.29, 0.717) is 12.8 Å². The molecule has 3 heteroatoms. The van der Waals surface area contributed by atoms with E-state index in [1.54, 1.807) is 4.90 Å². The standard InChI is InChI=1S/C7H12NO2/c1-8(2)6-7(10)4-3-5-9/h4-5H,3,6H2,1-2H3. The maximum Gasteiger partial charge on any atom is 0.151 e. The Morgan fingerprint density at radius 2 is 2.10 bits per heavy atom. The van der Waals surface area contributed by atoms with E-state index in [2.05, 4.69) is 0 Å². The second-order valence-corrected chi connectivity index (χ2v) is 2.31. The SMILES string of the molecule is CN(C)CC(=O)[CH]CC=O. The molecule has 57 valence electrons. The van der Waals surface area contributed by atoms with Gasteiger partial charge in [0, 0.05) is 12.8 Å². The molecule has 0 saturated heterocycles. The molecule has 0 aromatic carbocycles. The van der Waals surface area contributed by atoms with Gasteiger partial charge in [-0.3, -0.25) is 4.79 Å². The molecule has 0 unspecified atom stereocenters. The minimum atomic E-state index is -0.00269. The Morgan fingerprint density at radius 3 is 2.50 bits per heavy atom. The first-order valence-electron chi connectivity index (χ1n) is 3.11. The molecule has 0 N–H and O–H groups in total. The molecule has 0 amide bonds. The molecule has 10 heavy (non-hydrogen) atoms. The summed E-state index contributed by atoms with van der Waals surface area (Å²) in [5, 5.41) is 0. The van der Waals surface area contributed by atoms with Gasteiger partial charge in [0.05, 0.1) is 6.54 Å². The van der Waals surface area contributed by atoms with Crippen molar-refractivity contribution in [3.05, 3.63) is 6.42 Å². The van der Waals surface area contributed by atoms with Crippen molar-refractivity contribution in [1.29, 1.82) is 0 Å². The summed E-state index contributed by atoms with van der Waals surface area (Å²) in [5.74, 6) is -0.00269. The number of carbonyl (C=O) groups excluding carboxylic acids is 2. The van der Waals surface area contributed by atoms with Crippen LogP contribution in [0.25, 0.3) is 0 Å². The van der Waals surface area contributed by atoms with Gasteiger partial charge in [-0.1, -0.05) is 0 Å². The molecule has 0 aliphatic heterocycles. The van der Waals surface area contributed by atoms with Gasteiger partial charge in [-0.15, -0.1) is 0 Å². The Labute approximate surface area is 61.0 Å². The van der Waals surface area contributed by atoms with Crippen molar-refractivity contribution >= 4 is 12.1 Å². The highest BCUT2D eigenvalue weighted by atomic mass is 16.1. The van der Waals surface area contributed by atoms with Crippen LogP contribution in [-0.2, 0) is 9.59 Å². The summed E-state index contributed by atoms with van der Waals surface area (Å²) in [6.07, 6.45) is 2.34. The Balaban J connectivity index is 3.34. The Morgan fingerprint density at radius 1 is 1.50 bits per heavy atom. The summed E-state index contributed by atoms with van der Waals surface area (Å²) in [5.41, 5.74) is 0. The lowest BCUT2D eigenvalue weighted by Crippen LogP contribution is -2.21. The van der Waals surface area contributed by atoms with Gasteiger partial charge in [0.25, 0.3) is 0 Å². The highest BCUT2D eigenvalue weighted by Gasteiger charge is 2.01. The van der Waals surface area contributed by atoms with Crippen LogP contribution in [0.5, 0.6) is 0 Å². The smallest absolute Gasteiger partial charge is 0.151 e. The van der Waals surface area contributed by atoms with E-state index in [-0.39, 0.29) is 12.2 Å². The minimum absolute atomic E-state index is 0.00269. The lowest BCUT2D eigenvalue weighted by molar-refractivity contribution is -0.117. The average molecular weight is 142 g/mol. The Bertz CT molecular complexity index is 121. The number of aldehydes is 1. The second-order valence-electron chi connectivity index (χ2n) is 2.31. The van der Waals surface area contributed by atoms with Gasteiger partial charge < -0.3 is 9.69 Å². The predicted octanol–water partition coefficient (Wildman–Crippen LogP) is -0.0896. The predicted molar refractivity (Wildman–Crippen MR) is 38.5 cm³/mol. The first-order valence-corrected chi connectivity index (χ1v) is 3.11. The third-order valence-electron chi connectivity index (χ3n) is 0.914. The summed E-state index contributed by atoms with van der Waals surface area (Å²) < 4.78 is 0.